The molecule has 3 N–H and O–H groups in total. The van der Waals surface area contributed by atoms with Crippen molar-refractivity contribution in [3.8, 4) is 0 Å². The van der Waals surface area contributed by atoms with Gasteiger partial charge in [-0.25, -0.2) is 0 Å². The standard InChI is InChI=1S/C8H20N2O/c1-8(2,3)7-11-6-4-5-10-9/h10H,4-7,9H2,1-3H3. The zero-order chi connectivity index (χ0) is 8.74. The van der Waals surface area contributed by atoms with Crippen molar-refractivity contribution in [3.05, 3.63) is 0 Å². The number of nitrogens with one attached hydrogen (secondary N) is 1. The number of nitrogens with two attached hydrogens (primary N) is 1. The zero-order valence-electron chi connectivity index (χ0n) is 7.81. The van der Waals surface area contributed by atoms with Crippen molar-refractivity contribution in [3.63, 3.8) is 0 Å². The van der Waals surface area contributed by atoms with E-state index in [2.05, 4.69) is 26.2 Å². The first-order chi connectivity index (χ1) is 5.06. The molecule has 0 unspecified atom stereocenters. The molecule has 0 spiro atoms. The Balaban J connectivity index is 3.02. The van der Waals surface area contributed by atoms with E-state index in [4.69, 9.17) is 10.6 Å². The van der Waals surface area contributed by atoms with Crippen LogP contribution >= 0.6 is 0 Å². The van der Waals surface area contributed by atoms with E-state index in [0.717, 1.165) is 26.2 Å². The number of rotatable bonds is 5. The highest BCUT2D eigenvalue weighted by Gasteiger charge is 2.08. The third-order valence-electron chi connectivity index (χ3n) is 1.14. The van der Waals surface area contributed by atoms with E-state index in [1.54, 1.807) is 0 Å². The van der Waals surface area contributed by atoms with Crippen molar-refractivity contribution < 1.29 is 4.74 Å². The second-order valence-electron chi connectivity index (χ2n) is 3.92. The van der Waals surface area contributed by atoms with E-state index in [-0.39, 0.29) is 5.41 Å². The summed E-state index contributed by atoms with van der Waals surface area (Å²) in [5.74, 6) is 5.09. The molecule has 0 saturated carbocycles. The third kappa shape index (κ3) is 9.88. The van der Waals surface area contributed by atoms with Gasteiger partial charge in [0.2, 0.25) is 0 Å². The Morgan fingerprint density at radius 2 is 2.00 bits per heavy atom. The molecule has 0 atom stereocenters. The number of ether oxygens (including phenoxy) is 1. The largest absolute Gasteiger partial charge is 0.381 e. The maximum Gasteiger partial charge on any atom is 0.0514 e. The van der Waals surface area contributed by atoms with Gasteiger partial charge in [-0.1, -0.05) is 20.8 Å². The van der Waals surface area contributed by atoms with Crippen LogP contribution < -0.4 is 11.3 Å². The van der Waals surface area contributed by atoms with Crippen LogP contribution in [-0.4, -0.2) is 19.8 Å². The Morgan fingerprint density at radius 1 is 1.36 bits per heavy atom. The lowest BCUT2D eigenvalue weighted by molar-refractivity contribution is 0.0698. The molecule has 0 aliphatic rings. The van der Waals surface area contributed by atoms with Gasteiger partial charge >= 0.3 is 0 Å². The van der Waals surface area contributed by atoms with Crippen LogP contribution in [0.2, 0.25) is 0 Å². The highest BCUT2D eigenvalue weighted by Crippen LogP contribution is 2.12. The molecular weight excluding hydrogens is 140 g/mol. The summed E-state index contributed by atoms with van der Waals surface area (Å²) in [5, 5.41) is 0. The van der Waals surface area contributed by atoms with Gasteiger partial charge in [-0.15, -0.1) is 0 Å². The van der Waals surface area contributed by atoms with Crippen LogP contribution in [0.25, 0.3) is 0 Å². The molecule has 0 amide bonds. The molecule has 0 bridgehead atoms. The number of hydrogen-bond donors (Lipinski definition) is 2. The van der Waals surface area contributed by atoms with Crippen molar-refractivity contribution in [1.82, 2.24) is 5.43 Å². The molecule has 0 aromatic carbocycles. The fourth-order valence-corrected chi connectivity index (χ4v) is 0.655. The van der Waals surface area contributed by atoms with E-state index in [0.29, 0.717) is 0 Å². The summed E-state index contributed by atoms with van der Waals surface area (Å²) in [6.45, 7) is 8.92. The zero-order valence-corrected chi connectivity index (χ0v) is 7.81. The molecule has 11 heavy (non-hydrogen) atoms. The Morgan fingerprint density at radius 3 is 2.45 bits per heavy atom. The van der Waals surface area contributed by atoms with Gasteiger partial charge in [0.25, 0.3) is 0 Å². The molecule has 0 heterocycles. The molecule has 0 fully saturated rings. The van der Waals surface area contributed by atoms with Crippen LogP contribution in [0.3, 0.4) is 0 Å². The first-order valence-corrected chi connectivity index (χ1v) is 4.07. The minimum atomic E-state index is 0.274. The van der Waals surface area contributed by atoms with E-state index in [1.807, 2.05) is 0 Å². The highest BCUT2D eigenvalue weighted by atomic mass is 16.5. The molecule has 3 heteroatoms. The number of hydrogen-bond acceptors (Lipinski definition) is 3. The normalized spacial score (nSPS) is 12.0. The van der Waals surface area contributed by atoms with Crippen molar-refractivity contribution in [2.75, 3.05) is 19.8 Å². The Hall–Kier alpha value is -0.120. The van der Waals surface area contributed by atoms with Crippen LogP contribution in [0.1, 0.15) is 27.2 Å². The van der Waals surface area contributed by atoms with Gasteiger partial charge in [0, 0.05) is 13.2 Å². The third-order valence-corrected chi connectivity index (χ3v) is 1.14. The van der Waals surface area contributed by atoms with Crippen LogP contribution in [-0.2, 0) is 4.74 Å². The number of hydrazine groups is 1. The molecule has 0 radical (unpaired) electrons. The van der Waals surface area contributed by atoms with Crippen LogP contribution in [0.15, 0.2) is 0 Å². The van der Waals surface area contributed by atoms with Gasteiger partial charge in [-0.3, -0.25) is 11.3 Å². The summed E-state index contributed by atoms with van der Waals surface area (Å²) >= 11 is 0. The van der Waals surface area contributed by atoms with Crippen LogP contribution in [0.5, 0.6) is 0 Å². The molecular formula is C8H20N2O. The molecule has 68 valence electrons. The second-order valence-corrected chi connectivity index (χ2v) is 3.92. The van der Waals surface area contributed by atoms with Gasteiger partial charge in [-0.05, 0) is 11.8 Å². The van der Waals surface area contributed by atoms with Gasteiger partial charge < -0.3 is 4.74 Å². The lowest BCUT2D eigenvalue weighted by Gasteiger charge is -2.17. The maximum atomic E-state index is 5.40. The van der Waals surface area contributed by atoms with Crippen molar-refractivity contribution in [2.24, 2.45) is 11.3 Å². The van der Waals surface area contributed by atoms with Gasteiger partial charge in [0.15, 0.2) is 0 Å². The average Bonchev–Trinajstić information content (AvgIpc) is 1.85. The topological polar surface area (TPSA) is 47.3 Å². The monoisotopic (exact) mass is 160 g/mol. The van der Waals surface area contributed by atoms with E-state index < -0.39 is 0 Å². The highest BCUT2D eigenvalue weighted by molar-refractivity contribution is 4.58. The summed E-state index contributed by atoms with van der Waals surface area (Å²) in [5.41, 5.74) is 2.86. The summed E-state index contributed by atoms with van der Waals surface area (Å²) in [6.07, 6.45) is 0.979. The average molecular weight is 160 g/mol. The Kier molecular flexibility index (Phi) is 5.46. The molecule has 0 aliphatic heterocycles. The molecule has 0 aromatic rings. The van der Waals surface area contributed by atoms with Crippen molar-refractivity contribution >= 4 is 0 Å². The fourth-order valence-electron chi connectivity index (χ4n) is 0.655. The van der Waals surface area contributed by atoms with Crippen LogP contribution in [0, 0.1) is 5.41 Å². The molecule has 3 nitrogen and oxygen atoms in total. The first kappa shape index (κ1) is 10.9. The summed E-state index contributed by atoms with van der Waals surface area (Å²) < 4.78 is 5.40. The smallest absolute Gasteiger partial charge is 0.0514 e. The summed E-state index contributed by atoms with van der Waals surface area (Å²) in [6, 6.07) is 0. The second kappa shape index (κ2) is 5.52. The Labute approximate surface area is 69.3 Å². The predicted octanol–water partition coefficient (Wildman–Crippen LogP) is 0.903. The SMILES string of the molecule is CC(C)(C)COCCCNN. The minimum Gasteiger partial charge on any atom is -0.381 e. The lowest BCUT2D eigenvalue weighted by Crippen LogP contribution is -2.24. The summed E-state index contributed by atoms with van der Waals surface area (Å²) in [4.78, 5) is 0. The van der Waals surface area contributed by atoms with Gasteiger partial charge in [0.1, 0.15) is 0 Å². The lowest BCUT2D eigenvalue weighted by atomic mass is 9.99. The van der Waals surface area contributed by atoms with E-state index >= 15 is 0 Å². The van der Waals surface area contributed by atoms with E-state index in [1.165, 1.54) is 0 Å². The van der Waals surface area contributed by atoms with Gasteiger partial charge in [0.05, 0.1) is 6.61 Å². The quantitative estimate of drug-likeness (QED) is 0.357. The summed E-state index contributed by atoms with van der Waals surface area (Å²) in [7, 11) is 0. The molecule has 0 aromatic heterocycles. The molecule has 0 aliphatic carbocycles. The fraction of sp³-hybridized carbons (Fsp3) is 1.00. The first-order valence-electron chi connectivity index (χ1n) is 4.07. The Bertz CT molecular complexity index is 88.6. The predicted molar refractivity (Wildman–Crippen MR) is 47.1 cm³/mol. The maximum absolute atomic E-state index is 5.40. The minimum absolute atomic E-state index is 0.274. The van der Waals surface area contributed by atoms with Gasteiger partial charge in [-0.2, -0.15) is 0 Å². The van der Waals surface area contributed by atoms with Crippen molar-refractivity contribution in [1.29, 1.82) is 0 Å². The van der Waals surface area contributed by atoms with E-state index in [9.17, 15) is 0 Å². The van der Waals surface area contributed by atoms with Crippen LogP contribution in [0.4, 0.5) is 0 Å². The van der Waals surface area contributed by atoms with Crippen molar-refractivity contribution in [2.45, 2.75) is 27.2 Å². The molecule has 0 saturated heterocycles. The molecule has 0 rings (SSSR count).